The Hall–Kier alpha value is -2.72. The van der Waals surface area contributed by atoms with Gasteiger partial charge in [0, 0.05) is 14.8 Å². The summed E-state index contributed by atoms with van der Waals surface area (Å²) in [6.45, 7) is 0. The monoisotopic (exact) mass is 503 g/mol. The maximum atomic E-state index is 12.5. The fourth-order valence-corrected chi connectivity index (χ4v) is 4.19. The molecule has 8 heteroatoms. The van der Waals surface area contributed by atoms with Crippen LogP contribution in [0.15, 0.2) is 82.7 Å². The van der Waals surface area contributed by atoms with Crippen LogP contribution in [0.2, 0.25) is 0 Å². The predicted octanol–water partition coefficient (Wildman–Crippen LogP) is 4.16. The second-order valence-corrected chi connectivity index (χ2v) is 8.99. The average Bonchev–Trinajstić information content (AvgIpc) is 2.99. The molecule has 140 valence electrons. The molecule has 0 unspecified atom stereocenters. The number of amides is 1. The number of benzene rings is 3. The number of rotatable bonds is 4. The number of anilines is 2. The SMILES string of the molecule is O=C1Nc2ccccc2C1=Nc1ccc(S(=O)(=O)Nc2ccc(I)cc2)cc1. The van der Waals surface area contributed by atoms with Crippen LogP contribution in [0, 0.1) is 3.57 Å². The summed E-state index contributed by atoms with van der Waals surface area (Å²) in [5, 5.41) is 2.76. The molecule has 0 saturated carbocycles. The van der Waals surface area contributed by atoms with Gasteiger partial charge in [-0.25, -0.2) is 13.4 Å². The van der Waals surface area contributed by atoms with E-state index < -0.39 is 10.0 Å². The number of aliphatic imine (C=N–C) groups is 1. The molecule has 0 saturated heterocycles. The Kier molecular flexibility index (Phi) is 4.90. The van der Waals surface area contributed by atoms with Gasteiger partial charge in [0.1, 0.15) is 5.71 Å². The van der Waals surface area contributed by atoms with Crippen molar-refractivity contribution in [1.29, 1.82) is 0 Å². The Morgan fingerprint density at radius 2 is 1.57 bits per heavy atom. The standard InChI is InChI=1S/C20H14IN3O3S/c21-13-5-7-15(8-6-13)24-28(26,27)16-11-9-14(10-12-16)22-19-17-3-1-2-4-18(17)23-20(19)25/h1-12,24H,(H,22,23,25). The first-order valence-electron chi connectivity index (χ1n) is 8.30. The van der Waals surface area contributed by atoms with Crippen molar-refractivity contribution in [3.63, 3.8) is 0 Å². The summed E-state index contributed by atoms with van der Waals surface area (Å²) in [4.78, 5) is 16.6. The summed E-state index contributed by atoms with van der Waals surface area (Å²) in [7, 11) is -3.71. The minimum atomic E-state index is -3.71. The minimum absolute atomic E-state index is 0.117. The van der Waals surface area contributed by atoms with Crippen molar-refractivity contribution in [2.45, 2.75) is 4.90 Å². The van der Waals surface area contributed by atoms with Crippen molar-refractivity contribution < 1.29 is 13.2 Å². The maximum absolute atomic E-state index is 12.5. The average molecular weight is 503 g/mol. The summed E-state index contributed by atoms with van der Waals surface area (Å²) in [5.41, 5.74) is 2.74. The van der Waals surface area contributed by atoms with E-state index in [2.05, 4.69) is 37.6 Å². The first kappa shape index (κ1) is 18.6. The Bertz CT molecular complexity index is 1190. The third kappa shape index (κ3) is 3.78. The van der Waals surface area contributed by atoms with Gasteiger partial charge < -0.3 is 5.32 Å². The van der Waals surface area contributed by atoms with Crippen molar-refractivity contribution in [3.05, 3.63) is 81.9 Å². The molecule has 1 amide bonds. The van der Waals surface area contributed by atoms with Crippen molar-refractivity contribution in [2.75, 3.05) is 10.0 Å². The normalized spacial score (nSPS) is 14.6. The van der Waals surface area contributed by atoms with Gasteiger partial charge in [-0.1, -0.05) is 18.2 Å². The molecule has 1 heterocycles. The first-order valence-corrected chi connectivity index (χ1v) is 10.9. The Balaban J connectivity index is 1.59. The molecule has 1 aliphatic heterocycles. The highest BCUT2D eigenvalue weighted by atomic mass is 127. The van der Waals surface area contributed by atoms with Gasteiger partial charge in [-0.15, -0.1) is 0 Å². The zero-order chi connectivity index (χ0) is 19.7. The van der Waals surface area contributed by atoms with Gasteiger partial charge in [0.25, 0.3) is 15.9 Å². The van der Waals surface area contributed by atoms with Gasteiger partial charge in [0.2, 0.25) is 0 Å². The number of nitrogens with one attached hydrogen (secondary N) is 2. The smallest absolute Gasteiger partial charge is 0.275 e. The summed E-state index contributed by atoms with van der Waals surface area (Å²) in [6, 6.07) is 20.4. The number of hydrogen-bond acceptors (Lipinski definition) is 4. The van der Waals surface area contributed by atoms with Crippen LogP contribution in [0.1, 0.15) is 5.56 Å². The molecule has 0 atom stereocenters. The van der Waals surface area contributed by atoms with Crippen LogP contribution >= 0.6 is 22.6 Å². The van der Waals surface area contributed by atoms with E-state index in [1.807, 2.05) is 36.4 Å². The number of carbonyl (C=O) groups is 1. The lowest BCUT2D eigenvalue weighted by atomic mass is 10.1. The van der Waals surface area contributed by atoms with Gasteiger partial charge in [0.05, 0.1) is 16.3 Å². The highest BCUT2D eigenvalue weighted by Crippen LogP contribution is 2.26. The number of carbonyl (C=O) groups excluding carboxylic acids is 1. The molecular formula is C20H14IN3O3S. The quantitative estimate of drug-likeness (QED) is 0.525. The number of hydrogen-bond donors (Lipinski definition) is 2. The van der Waals surface area contributed by atoms with E-state index in [4.69, 9.17) is 0 Å². The summed E-state index contributed by atoms with van der Waals surface area (Å²) < 4.78 is 28.6. The molecule has 1 aliphatic rings. The largest absolute Gasteiger partial charge is 0.320 e. The van der Waals surface area contributed by atoms with E-state index in [0.717, 1.165) is 9.13 Å². The maximum Gasteiger partial charge on any atom is 0.275 e. The summed E-state index contributed by atoms with van der Waals surface area (Å²) in [6.07, 6.45) is 0. The van der Waals surface area contributed by atoms with Crippen LogP contribution in [0.25, 0.3) is 0 Å². The molecule has 0 radical (unpaired) electrons. The molecule has 6 nitrogen and oxygen atoms in total. The van der Waals surface area contributed by atoms with Crippen LogP contribution in [0.4, 0.5) is 17.1 Å². The van der Waals surface area contributed by atoms with Crippen molar-refractivity contribution in [3.8, 4) is 0 Å². The number of halogens is 1. The van der Waals surface area contributed by atoms with Crippen molar-refractivity contribution in [1.82, 2.24) is 0 Å². The van der Waals surface area contributed by atoms with E-state index in [1.165, 1.54) is 12.1 Å². The fraction of sp³-hybridized carbons (Fsp3) is 0. The van der Waals surface area contributed by atoms with Crippen LogP contribution in [-0.4, -0.2) is 20.0 Å². The fourth-order valence-electron chi connectivity index (χ4n) is 2.77. The van der Waals surface area contributed by atoms with Gasteiger partial charge in [-0.2, -0.15) is 0 Å². The van der Waals surface area contributed by atoms with Gasteiger partial charge >= 0.3 is 0 Å². The lowest BCUT2D eigenvalue weighted by molar-refractivity contribution is -0.110. The minimum Gasteiger partial charge on any atom is -0.320 e. The van der Waals surface area contributed by atoms with Gasteiger partial charge in [0.15, 0.2) is 0 Å². The molecule has 0 aromatic heterocycles. The number of sulfonamides is 1. The van der Waals surface area contributed by atoms with Crippen LogP contribution < -0.4 is 10.0 Å². The second kappa shape index (κ2) is 7.36. The predicted molar refractivity (Wildman–Crippen MR) is 118 cm³/mol. The molecule has 3 aromatic rings. The highest BCUT2D eigenvalue weighted by molar-refractivity contribution is 14.1. The van der Waals surface area contributed by atoms with Crippen LogP contribution in [-0.2, 0) is 14.8 Å². The molecule has 3 aromatic carbocycles. The summed E-state index contributed by atoms with van der Waals surface area (Å²) >= 11 is 2.15. The second-order valence-electron chi connectivity index (χ2n) is 6.07. The number of para-hydroxylation sites is 1. The van der Waals surface area contributed by atoms with E-state index in [0.29, 0.717) is 22.8 Å². The molecule has 28 heavy (non-hydrogen) atoms. The van der Waals surface area contributed by atoms with Crippen molar-refractivity contribution >= 4 is 61.3 Å². The third-order valence-corrected chi connectivity index (χ3v) is 6.25. The lowest BCUT2D eigenvalue weighted by Crippen LogP contribution is -2.14. The summed E-state index contributed by atoms with van der Waals surface area (Å²) in [5.74, 6) is -0.279. The lowest BCUT2D eigenvalue weighted by Gasteiger charge is -2.08. The molecule has 0 aliphatic carbocycles. The van der Waals surface area contributed by atoms with Gasteiger partial charge in [-0.05, 0) is 77.2 Å². The highest BCUT2D eigenvalue weighted by Gasteiger charge is 2.25. The molecule has 2 N–H and O–H groups in total. The zero-order valence-electron chi connectivity index (χ0n) is 14.4. The van der Waals surface area contributed by atoms with Crippen LogP contribution in [0.5, 0.6) is 0 Å². The molecule has 0 fully saturated rings. The van der Waals surface area contributed by atoms with E-state index in [9.17, 15) is 13.2 Å². The Morgan fingerprint density at radius 3 is 2.29 bits per heavy atom. The zero-order valence-corrected chi connectivity index (χ0v) is 17.4. The van der Waals surface area contributed by atoms with Crippen molar-refractivity contribution in [2.24, 2.45) is 4.99 Å². The number of nitrogens with zero attached hydrogens (tertiary/aromatic N) is 1. The molecule has 4 rings (SSSR count). The molecule has 0 spiro atoms. The van der Waals surface area contributed by atoms with Gasteiger partial charge in [-0.3, -0.25) is 9.52 Å². The first-order chi connectivity index (χ1) is 13.4. The third-order valence-electron chi connectivity index (χ3n) is 4.13. The van der Waals surface area contributed by atoms with E-state index in [1.54, 1.807) is 24.3 Å². The topological polar surface area (TPSA) is 87.6 Å². The number of fused-ring (bicyclic) bond motifs is 1. The molecular weight excluding hydrogens is 489 g/mol. The molecule has 0 bridgehead atoms. The van der Waals surface area contributed by atoms with E-state index in [-0.39, 0.29) is 10.8 Å². The Morgan fingerprint density at radius 1 is 0.893 bits per heavy atom. The van der Waals surface area contributed by atoms with E-state index >= 15 is 0 Å². The van der Waals surface area contributed by atoms with Crippen LogP contribution in [0.3, 0.4) is 0 Å². The Labute approximate surface area is 175 Å².